The predicted molar refractivity (Wildman–Crippen MR) is 59.2 cm³/mol. The van der Waals surface area contributed by atoms with E-state index in [4.69, 9.17) is 4.74 Å². The van der Waals surface area contributed by atoms with Crippen LogP contribution in [0, 0.1) is 5.82 Å². The fourth-order valence-electron chi connectivity index (χ4n) is 1.37. The van der Waals surface area contributed by atoms with E-state index in [1.807, 2.05) is 13.1 Å². The van der Waals surface area contributed by atoms with Crippen LogP contribution in [0.4, 0.5) is 4.39 Å². The van der Waals surface area contributed by atoms with E-state index in [2.05, 4.69) is 12.2 Å². The standard InChI is InChI=1S/C12H18FNO/c1-3-11(8-14-2)15-9-10-6-4-5-7-12(10)13/h4-7,11,14H,3,8-9H2,1-2H3. The van der Waals surface area contributed by atoms with Crippen molar-refractivity contribution in [3.63, 3.8) is 0 Å². The number of nitrogens with one attached hydrogen (secondary N) is 1. The van der Waals surface area contributed by atoms with E-state index in [1.165, 1.54) is 6.07 Å². The van der Waals surface area contributed by atoms with Crippen molar-refractivity contribution in [2.24, 2.45) is 0 Å². The minimum atomic E-state index is -0.197. The summed E-state index contributed by atoms with van der Waals surface area (Å²) in [5.41, 5.74) is 0.618. The summed E-state index contributed by atoms with van der Waals surface area (Å²) in [7, 11) is 1.88. The van der Waals surface area contributed by atoms with E-state index in [0.717, 1.165) is 13.0 Å². The van der Waals surface area contributed by atoms with Gasteiger partial charge in [0.05, 0.1) is 12.7 Å². The van der Waals surface area contributed by atoms with Gasteiger partial charge in [-0.05, 0) is 19.5 Å². The van der Waals surface area contributed by atoms with Gasteiger partial charge in [0, 0.05) is 12.1 Å². The summed E-state index contributed by atoms with van der Waals surface area (Å²) in [5, 5.41) is 3.05. The number of hydrogen-bond donors (Lipinski definition) is 1. The Bertz CT molecular complexity index is 291. The van der Waals surface area contributed by atoms with Gasteiger partial charge in [-0.1, -0.05) is 25.1 Å². The highest BCUT2D eigenvalue weighted by Gasteiger charge is 2.07. The Morgan fingerprint density at radius 3 is 2.73 bits per heavy atom. The highest BCUT2D eigenvalue weighted by atomic mass is 19.1. The normalized spacial score (nSPS) is 12.7. The van der Waals surface area contributed by atoms with Crippen molar-refractivity contribution < 1.29 is 9.13 Å². The molecule has 1 aromatic rings. The first-order chi connectivity index (χ1) is 7.27. The molecule has 0 aliphatic carbocycles. The summed E-state index contributed by atoms with van der Waals surface area (Å²) in [4.78, 5) is 0. The third-order valence-electron chi connectivity index (χ3n) is 2.32. The van der Waals surface area contributed by atoms with Gasteiger partial charge in [-0.15, -0.1) is 0 Å². The van der Waals surface area contributed by atoms with Crippen LogP contribution in [0.25, 0.3) is 0 Å². The topological polar surface area (TPSA) is 21.3 Å². The van der Waals surface area contributed by atoms with Crippen LogP contribution in [-0.4, -0.2) is 19.7 Å². The Morgan fingerprint density at radius 2 is 2.13 bits per heavy atom. The molecule has 0 saturated heterocycles. The maximum Gasteiger partial charge on any atom is 0.128 e. The molecule has 1 N–H and O–H groups in total. The molecule has 0 aliphatic rings. The van der Waals surface area contributed by atoms with Gasteiger partial charge in [0.15, 0.2) is 0 Å². The summed E-state index contributed by atoms with van der Waals surface area (Å²) in [6.07, 6.45) is 1.07. The van der Waals surface area contributed by atoms with Crippen LogP contribution >= 0.6 is 0 Å². The Balaban J connectivity index is 2.45. The molecular weight excluding hydrogens is 193 g/mol. The fraction of sp³-hybridized carbons (Fsp3) is 0.500. The predicted octanol–water partition coefficient (Wildman–Crippen LogP) is 2.34. The van der Waals surface area contributed by atoms with Crippen LogP contribution in [0.1, 0.15) is 18.9 Å². The zero-order chi connectivity index (χ0) is 11.1. The summed E-state index contributed by atoms with van der Waals surface area (Å²) < 4.78 is 18.8. The summed E-state index contributed by atoms with van der Waals surface area (Å²) in [6.45, 7) is 3.20. The summed E-state index contributed by atoms with van der Waals surface area (Å²) in [5.74, 6) is -0.197. The van der Waals surface area contributed by atoms with Gasteiger partial charge >= 0.3 is 0 Å². The molecule has 3 heteroatoms. The van der Waals surface area contributed by atoms with E-state index < -0.39 is 0 Å². The molecule has 2 nitrogen and oxygen atoms in total. The van der Waals surface area contributed by atoms with Gasteiger partial charge in [0.25, 0.3) is 0 Å². The van der Waals surface area contributed by atoms with Crippen LogP contribution in [0.2, 0.25) is 0 Å². The van der Waals surface area contributed by atoms with Gasteiger partial charge in [-0.2, -0.15) is 0 Å². The number of hydrogen-bond acceptors (Lipinski definition) is 2. The number of likely N-dealkylation sites (N-methyl/N-ethyl adjacent to an activating group) is 1. The molecule has 0 amide bonds. The minimum Gasteiger partial charge on any atom is -0.372 e. The molecule has 0 radical (unpaired) electrons. The first kappa shape index (κ1) is 12.1. The Hall–Kier alpha value is -0.930. The Kier molecular flexibility index (Phi) is 5.29. The van der Waals surface area contributed by atoms with Gasteiger partial charge < -0.3 is 10.1 Å². The second-order valence-corrected chi connectivity index (χ2v) is 3.49. The number of ether oxygens (including phenoxy) is 1. The van der Waals surface area contributed by atoms with E-state index in [9.17, 15) is 4.39 Å². The second-order valence-electron chi connectivity index (χ2n) is 3.49. The molecule has 0 fully saturated rings. The molecular formula is C12H18FNO. The molecule has 0 spiro atoms. The molecule has 1 unspecified atom stereocenters. The van der Waals surface area contributed by atoms with Crippen LogP contribution in [0.5, 0.6) is 0 Å². The van der Waals surface area contributed by atoms with Crippen LogP contribution < -0.4 is 5.32 Å². The van der Waals surface area contributed by atoms with Gasteiger partial charge in [-0.25, -0.2) is 4.39 Å². The van der Waals surface area contributed by atoms with Crippen LogP contribution in [0.15, 0.2) is 24.3 Å². The molecule has 1 atom stereocenters. The third-order valence-corrected chi connectivity index (χ3v) is 2.32. The molecule has 1 aromatic carbocycles. The third kappa shape index (κ3) is 3.98. The van der Waals surface area contributed by atoms with Gasteiger partial charge in [0.1, 0.15) is 5.82 Å². The van der Waals surface area contributed by atoms with E-state index in [0.29, 0.717) is 12.2 Å². The number of rotatable bonds is 6. The van der Waals surface area contributed by atoms with E-state index >= 15 is 0 Å². The van der Waals surface area contributed by atoms with Crippen molar-refractivity contribution in [1.29, 1.82) is 0 Å². The second kappa shape index (κ2) is 6.53. The lowest BCUT2D eigenvalue weighted by Gasteiger charge is -2.15. The van der Waals surface area contributed by atoms with E-state index in [-0.39, 0.29) is 11.9 Å². The molecule has 0 aromatic heterocycles. The largest absolute Gasteiger partial charge is 0.372 e. The average Bonchev–Trinajstić information content (AvgIpc) is 2.26. The SMILES string of the molecule is CCC(CNC)OCc1ccccc1F. The summed E-state index contributed by atoms with van der Waals surface area (Å²) >= 11 is 0. The van der Waals surface area contributed by atoms with Crippen molar-refractivity contribution in [3.05, 3.63) is 35.6 Å². The van der Waals surface area contributed by atoms with Crippen molar-refractivity contribution >= 4 is 0 Å². The van der Waals surface area contributed by atoms with Crippen molar-refractivity contribution in [3.8, 4) is 0 Å². The molecule has 0 bridgehead atoms. The Labute approximate surface area is 90.4 Å². The van der Waals surface area contributed by atoms with Crippen molar-refractivity contribution in [2.75, 3.05) is 13.6 Å². The maximum absolute atomic E-state index is 13.2. The first-order valence-electron chi connectivity index (χ1n) is 5.27. The van der Waals surface area contributed by atoms with Crippen molar-refractivity contribution in [2.45, 2.75) is 26.1 Å². The average molecular weight is 211 g/mol. The molecule has 0 saturated carbocycles. The molecule has 15 heavy (non-hydrogen) atoms. The highest BCUT2D eigenvalue weighted by Crippen LogP contribution is 2.09. The Morgan fingerprint density at radius 1 is 1.40 bits per heavy atom. The lowest BCUT2D eigenvalue weighted by Crippen LogP contribution is -2.25. The smallest absolute Gasteiger partial charge is 0.128 e. The van der Waals surface area contributed by atoms with Crippen LogP contribution in [0.3, 0.4) is 0 Å². The maximum atomic E-state index is 13.2. The van der Waals surface area contributed by atoms with Crippen molar-refractivity contribution in [1.82, 2.24) is 5.32 Å². The van der Waals surface area contributed by atoms with Crippen LogP contribution in [-0.2, 0) is 11.3 Å². The summed E-state index contributed by atoms with van der Waals surface area (Å²) in [6, 6.07) is 6.71. The number of halogens is 1. The highest BCUT2D eigenvalue weighted by molar-refractivity contribution is 5.16. The minimum absolute atomic E-state index is 0.148. The fourth-order valence-corrected chi connectivity index (χ4v) is 1.37. The molecule has 0 heterocycles. The molecule has 84 valence electrons. The van der Waals surface area contributed by atoms with Gasteiger partial charge in [-0.3, -0.25) is 0 Å². The van der Waals surface area contributed by atoms with E-state index in [1.54, 1.807) is 12.1 Å². The molecule has 0 aliphatic heterocycles. The quantitative estimate of drug-likeness (QED) is 0.779. The van der Waals surface area contributed by atoms with Gasteiger partial charge in [0.2, 0.25) is 0 Å². The monoisotopic (exact) mass is 211 g/mol. The lowest BCUT2D eigenvalue weighted by molar-refractivity contribution is 0.0381. The molecule has 1 rings (SSSR count). The first-order valence-corrected chi connectivity index (χ1v) is 5.27. The zero-order valence-corrected chi connectivity index (χ0v) is 9.29. The zero-order valence-electron chi connectivity index (χ0n) is 9.29. The number of benzene rings is 1. The lowest BCUT2D eigenvalue weighted by atomic mass is 10.2.